The van der Waals surface area contributed by atoms with Crippen LogP contribution in [0.5, 0.6) is 0 Å². The number of aromatic nitrogens is 4. The number of carbonyl (C=O) groups is 1. The summed E-state index contributed by atoms with van der Waals surface area (Å²) >= 11 is 0. The van der Waals surface area contributed by atoms with Crippen LogP contribution in [0.3, 0.4) is 0 Å². The zero-order valence-electron chi connectivity index (χ0n) is 20.2. The molecule has 7 nitrogen and oxygen atoms in total. The number of nitrogens with zero attached hydrogens (tertiary/aromatic N) is 4. The van der Waals surface area contributed by atoms with Crippen molar-refractivity contribution in [3.05, 3.63) is 71.0 Å². The van der Waals surface area contributed by atoms with E-state index >= 15 is 0 Å². The van der Waals surface area contributed by atoms with Crippen LogP contribution >= 0.6 is 0 Å². The third-order valence-electron chi connectivity index (χ3n) is 6.21. The molecule has 2 aromatic carbocycles. The van der Waals surface area contributed by atoms with Gasteiger partial charge in [0, 0.05) is 20.0 Å². The standard InChI is InChI=1S/C27H33N5O2/c1-19(2)17-23(26-30-22-13-8-9-14-24(22)31(26)3)29-25(33)15-5-4-10-16-32-18-28-21-12-7-6-11-20(21)27(32)34/h6-9,11-14,18-19,23H,4-5,10,15-17H2,1-3H3,(H,29,33)/t23-/m0/s1. The summed E-state index contributed by atoms with van der Waals surface area (Å²) < 4.78 is 3.74. The van der Waals surface area contributed by atoms with Crippen molar-refractivity contribution in [2.24, 2.45) is 13.0 Å². The third-order valence-corrected chi connectivity index (χ3v) is 6.21. The smallest absolute Gasteiger partial charge is 0.261 e. The van der Waals surface area contributed by atoms with Crippen molar-refractivity contribution in [3.8, 4) is 0 Å². The van der Waals surface area contributed by atoms with Crippen molar-refractivity contribution in [2.45, 2.75) is 58.5 Å². The summed E-state index contributed by atoms with van der Waals surface area (Å²) in [6, 6.07) is 15.3. The molecule has 1 amide bonds. The maximum Gasteiger partial charge on any atom is 0.261 e. The van der Waals surface area contributed by atoms with E-state index in [2.05, 4.69) is 34.8 Å². The van der Waals surface area contributed by atoms with E-state index < -0.39 is 0 Å². The zero-order valence-corrected chi connectivity index (χ0v) is 20.2. The summed E-state index contributed by atoms with van der Waals surface area (Å²) in [5.41, 5.74) is 2.72. The van der Waals surface area contributed by atoms with E-state index in [0.29, 0.717) is 24.3 Å². The highest BCUT2D eigenvalue weighted by Crippen LogP contribution is 2.24. The molecule has 0 fully saturated rings. The molecular formula is C27H33N5O2. The molecule has 0 saturated heterocycles. The van der Waals surface area contributed by atoms with Gasteiger partial charge in [0.15, 0.2) is 0 Å². The van der Waals surface area contributed by atoms with Crippen LogP contribution in [0.2, 0.25) is 0 Å². The molecule has 1 N–H and O–H groups in total. The minimum Gasteiger partial charge on any atom is -0.346 e. The molecule has 7 heteroatoms. The molecule has 0 aliphatic carbocycles. The van der Waals surface area contributed by atoms with Gasteiger partial charge < -0.3 is 9.88 Å². The Kier molecular flexibility index (Phi) is 7.40. The van der Waals surface area contributed by atoms with Crippen molar-refractivity contribution in [1.82, 2.24) is 24.4 Å². The number of fused-ring (bicyclic) bond motifs is 2. The fraction of sp³-hybridized carbons (Fsp3) is 0.407. The van der Waals surface area contributed by atoms with E-state index in [4.69, 9.17) is 4.98 Å². The van der Waals surface area contributed by atoms with Crippen LogP contribution in [0, 0.1) is 5.92 Å². The van der Waals surface area contributed by atoms with Gasteiger partial charge in [0.25, 0.3) is 5.56 Å². The van der Waals surface area contributed by atoms with Crippen molar-refractivity contribution >= 4 is 27.8 Å². The summed E-state index contributed by atoms with van der Waals surface area (Å²) in [7, 11) is 2.01. The number of hydrogen-bond donors (Lipinski definition) is 1. The molecule has 0 bridgehead atoms. The first kappa shape index (κ1) is 23.7. The third kappa shape index (κ3) is 5.35. The quantitative estimate of drug-likeness (QED) is 0.347. The number of imidazole rings is 1. The van der Waals surface area contributed by atoms with Crippen LogP contribution in [0.4, 0.5) is 0 Å². The second-order valence-corrected chi connectivity index (χ2v) is 9.34. The molecule has 0 unspecified atom stereocenters. The Morgan fingerprint density at radius 1 is 1.00 bits per heavy atom. The molecule has 0 aliphatic rings. The Balaban J connectivity index is 1.31. The zero-order chi connectivity index (χ0) is 24.1. The molecule has 4 aromatic rings. The molecule has 4 rings (SSSR count). The SMILES string of the molecule is CC(C)C[C@H](NC(=O)CCCCCn1cnc2ccccc2c1=O)c1nc2ccccc2n1C. The van der Waals surface area contributed by atoms with Gasteiger partial charge in [-0.2, -0.15) is 0 Å². The second kappa shape index (κ2) is 10.6. The van der Waals surface area contributed by atoms with Gasteiger partial charge in [-0.3, -0.25) is 14.2 Å². The maximum absolute atomic E-state index is 12.8. The highest BCUT2D eigenvalue weighted by atomic mass is 16.1. The minimum absolute atomic E-state index is 0.0117. The van der Waals surface area contributed by atoms with Gasteiger partial charge in [-0.25, -0.2) is 9.97 Å². The van der Waals surface area contributed by atoms with Crippen LogP contribution in [0.25, 0.3) is 21.9 Å². The average Bonchev–Trinajstić information content (AvgIpc) is 3.16. The summed E-state index contributed by atoms with van der Waals surface area (Å²) in [6.07, 6.45) is 5.38. The lowest BCUT2D eigenvalue weighted by Gasteiger charge is -2.20. The molecule has 1 atom stereocenters. The van der Waals surface area contributed by atoms with E-state index in [9.17, 15) is 9.59 Å². The Labute approximate surface area is 199 Å². The number of aryl methyl sites for hydroxylation is 2. The normalized spacial score (nSPS) is 12.5. The van der Waals surface area contributed by atoms with Crippen LogP contribution in [0.1, 0.15) is 57.8 Å². The molecule has 2 heterocycles. The monoisotopic (exact) mass is 459 g/mol. The second-order valence-electron chi connectivity index (χ2n) is 9.34. The van der Waals surface area contributed by atoms with E-state index in [1.807, 2.05) is 49.5 Å². The Morgan fingerprint density at radius 2 is 1.74 bits per heavy atom. The number of amides is 1. The van der Waals surface area contributed by atoms with Gasteiger partial charge in [-0.1, -0.05) is 44.5 Å². The van der Waals surface area contributed by atoms with E-state index in [1.165, 1.54) is 0 Å². The van der Waals surface area contributed by atoms with Gasteiger partial charge in [0.05, 0.1) is 34.3 Å². The van der Waals surface area contributed by atoms with Crippen molar-refractivity contribution in [2.75, 3.05) is 0 Å². The number of unbranched alkanes of at least 4 members (excludes halogenated alkanes) is 2. The lowest BCUT2D eigenvalue weighted by molar-refractivity contribution is -0.122. The predicted octanol–water partition coefficient (Wildman–Crippen LogP) is 4.75. The van der Waals surface area contributed by atoms with E-state index in [-0.39, 0.29) is 17.5 Å². The molecule has 0 spiro atoms. The number of rotatable bonds is 10. The van der Waals surface area contributed by atoms with Crippen LogP contribution in [-0.4, -0.2) is 25.0 Å². The van der Waals surface area contributed by atoms with Gasteiger partial charge >= 0.3 is 0 Å². The van der Waals surface area contributed by atoms with Gasteiger partial charge in [0.2, 0.25) is 5.91 Å². The van der Waals surface area contributed by atoms with Crippen molar-refractivity contribution in [1.29, 1.82) is 0 Å². The number of hydrogen-bond acceptors (Lipinski definition) is 4. The van der Waals surface area contributed by atoms with Gasteiger partial charge in [-0.15, -0.1) is 0 Å². The number of benzene rings is 2. The number of nitrogens with one attached hydrogen (secondary N) is 1. The van der Waals surface area contributed by atoms with Crippen LogP contribution in [-0.2, 0) is 18.4 Å². The molecule has 0 aliphatic heterocycles. The fourth-order valence-electron chi connectivity index (χ4n) is 4.45. The van der Waals surface area contributed by atoms with Gasteiger partial charge in [-0.05, 0) is 49.4 Å². The lowest BCUT2D eigenvalue weighted by atomic mass is 10.0. The van der Waals surface area contributed by atoms with Crippen LogP contribution in [0.15, 0.2) is 59.7 Å². The predicted molar refractivity (Wildman–Crippen MR) is 136 cm³/mol. The maximum atomic E-state index is 12.8. The molecule has 0 radical (unpaired) electrons. The highest BCUT2D eigenvalue weighted by molar-refractivity contribution is 5.78. The largest absolute Gasteiger partial charge is 0.346 e. The summed E-state index contributed by atoms with van der Waals surface area (Å²) in [4.78, 5) is 34.5. The topological polar surface area (TPSA) is 81.8 Å². The van der Waals surface area contributed by atoms with Gasteiger partial charge in [0.1, 0.15) is 5.82 Å². The fourth-order valence-corrected chi connectivity index (χ4v) is 4.45. The van der Waals surface area contributed by atoms with E-state index in [1.54, 1.807) is 10.9 Å². The summed E-state index contributed by atoms with van der Waals surface area (Å²) in [5, 5.41) is 3.86. The number of carbonyl (C=O) groups excluding carboxylic acids is 1. The highest BCUT2D eigenvalue weighted by Gasteiger charge is 2.21. The average molecular weight is 460 g/mol. The molecular weight excluding hydrogens is 426 g/mol. The molecule has 0 saturated carbocycles. The Bertz CT molecular complexity index is 1340. The summed E-state index contributed by atoms with van der Waals surface area (Å²) in [6.45, 7) is 4.92. The van der Waals surface area contributed by atoms with Crippen LogP contribution < -0.4 is 10.9 Å². The van der Waals surface area contributed by atoms with E-state index in [0.717, 1.165) is 48.1 Å². The molecule has 178 valence electrons. The Hall–Kier alpha value is -3.48. The first-order valence-electron chi connectivity index (χ1n) is 12.1. The summed E-state index contributed by atoms with van der Waals surface area (Å²) in [5.74, 6) is 1.37. The number of para-hydroxylation sites is 3. The first-order valence-corrected chi connectivity index (χ1v) is 12.1. The Morgan fingerprint density at radius 3 is 2.50 bits per heavy atom. The molecule has 34 heavy (non-hydrogen) atoms. The first-order chi connectivity index (χ1) is 16.4. The lowest BCUT2D eigenvalue weighted by Crippen LogP contribution is -2.31. The van der Waals surface area contributed by atoms with Crippen molar-refractivity contribution < 1.29 is 4.79 Å². The van der Waals surface area contributed by atoms with Crippen molar-refractivity contribution in [3.63, 3.8) is 0 Å². The molecule has 2 aromatic heterocycles. The minimum atomic E-state index is -0.118.